The number of amides is 1. The molecule has 0 aliphatic rings. The van der Waals surface area contributed by atoms with Gasteiger partial charge in [0.1, 0.15) is 11.4 Å². The zero-order valence-electron chi connectivity index (χ0n) is 19.2. The molecule has 0 atom stereocenters. The number of benzene rings is 2. The largest absolute Gasteiger partial charge is 0.467 e. The maximum Gasteiger partial charge on any atom is 0.296 e. The maximum absolute atomic E-state index is 13.5. The SMILES string of the molecule is Cc1c(N(C)S(=O)(=O)c2ccc(Cl)c(C(=O)NCc3ccco3)c2)c(=O)n(-c2ccccc2)n1C. The molecule has 11 heteroatoms. The standard InChI is InChI=1S/C24H23ClN4O5S/c1-16-22(24(31)29(27(16)2)17-8-5-4-6-9-17)28(3)35(32,33)19-11-12-21(25)20(14-19)23(30)26-15-18-10-7-13-34-18/h4-14H,15H2,1-3H3,(H,26,30). The number of rotatable bonds is 7. The van der Waals surface area contributed by atoms with Gasteiger partial charge >= 0.3 is 0 Å². The van der Waals surface area contributed by atoms with E-state index in [0.717, 1.165) is 4.31 Å². The number of hydrogen-bond donors (Lipinski definition) is 1. The highest BCUT2D eigenvalue weighted by Gasteiger charge is 2.29. The van der Waals surface area contributed by atoms with Crippen molar-refractivity contribution in [1.82, 2.24) is 14.7 Å². The third kappa shape index (κ3) is 4.50. The molecule has 0 aliphatic heterocycles. The van der Waals surface area contributed by atoms with E-state index in [1.54, 1.807) is 55.1 Å². The molecule has 0 saturated heterocycles. The Morgan fingerprint density at radius 1 is 1.11 bits per heavy atom. The van der Waals surface area contributed by atoms with Crippen LogP contribution < -0.4 is 15.2 Å². The highest BCUT2D eigenvalue weighted by molar-refractivity contribution is 7.92. The molecular weight excluding hydrogens is 492 g/mol. The molecule has 1 amide bonds. The van der Waals surface area contributed by atoms with Crippen LogP contribution in [-0.4, -0.2) is 30.7 Å². The van der Waals surface area contributed by atoms with Crippen molar-refractivity contribution in [2.75, 3.05) is 11.4 Å². The number of furan rings is 1. The zero-order valence-corrected chi connectivity index (χ0v) is 20.8. The Kier molecular flexibility index (Phi) is 6.60. The first-order chi connectivity index (χ1) is 16.6. The summed E-state index contributed by atoms with van der Waals surface area (Å²) in [6, 6.07) is 16.1. The highest BCUT2D eigenvalue weighted by Crippen LogP contribution is 2.27. The van der Waals surface area contributed by atoms with Gasteiger partial charge in [0.25, 0.3) is 21.5 Å². The van der Waals surface area contributed by atoms with Gasteiger partial charge in [-0.3, -0.25) is 18.6 Å². The van der Waals surface area contributed by atoms with E-state index in [1.165, 1.54) is 36.2 Å². The first-order valence-corrected chi connectivity index (χ1v) is 12.4. The van der Waals surface area contributed by atoms with E-state index < -0.39 is 21.5 Å². The lowest BCUT2D eigenvalue weighted by Gasteiger charge is -2.19. The minimum absolute atomic E-state index is 0.00451. The van der Waals surface area contributed by atoms with Crippen LogP contribution in [0.25, 0.3) is 5.69 Å². The van der Waals surface area contributed by atoms with Gasteiger partial charge in [-0.1, -0.05) is 29.8 Å². The Balaban J connectivity index is 1.69. The number of halogens is 1. The molecule has 9 nitrogen and oxygen atoms in total. The van der Waals surface area contributed by atoms with Crippen LogP contribution in [0.4, 0.5) is 5.69 Å². The van der Waals surface area contributed by atoms with E-state index in [2.05, 4.69) is 5.32 Å². The molecule has 182 valence electrons. The molecule has 4 rings (SSSR count). The minimum atomic E-state index is -4.20. The number of hydrogen-bond acceptors (Lipinski definition) is 5. The van der Waals surface area contributed by atoms with E-state index >= 15 is 0 Å². The van der Waals surface area contributed by atoms with Gasteiger partial charge in [-0.15, -0.1) is 0 Å². The van der Waals surface area contributed by atoms with Gasteiger partial charge in [-0.2, -0.15) is 0 Å². The number of carbonyl (C=O) groups is 1. The summed E-state index contributed by atoms with van der Waals surface area (Å²) < 4.78 is 36.1. The Bertz CT molecular complexity index is 1540. The van der Waals surface area contributed by atoms with Crippen molar-refractivity contribution < 1.29 is 17.6 Å². The van der Waals surface area contributed by atoms with Crippen LogP contribution in [0.15, 0.2) is 81.0 Å². The molecule has 2 heterocycles. The fraction of sp³-hybridized carbons (Fsp3) is 0.167. The molecule has 4 aromatic rings. The molecule has 0 unspecified atom stereocenters. The molecule has 0 radical (unpaired) electrons. The predicted octanol–water partition coefficient (Wildman–Crippen LogP) is 3.49. The second-order valence-electron chi connectivity index (χ2n) is 7.79. The second kappa shape index (κ2) is 9.47. The summed E-state index contributed by atoms with van der Waals surface area (Å²) in [5.74, 6) is -0.0272. The quantitative estimate of drug-likeness (QED) is 0.406. The van der Waals surface area contributed by atoms with E-state index in [0.29, 0.717) is 17.1 Å². The van der Waals surface area contributed by atoms with Crippen LogP contribution in [0, 0.1) is 6.92 Å². The number of nitrogens with zero attached hydrogens (tertiary/aromatic N) is 3. The van der Waals surface area contributed by atoms with Crippen LogP contribution in [-0.2, 0) is 23.6 Å². The first kappa shape index (κ1) is 24.4. The number of carbonyl (C=O) groups excluding carboxylic acids is 1. The molecule has 0 saturated carbocycles. The van der Waals surface area contributed by atoms with Gasteiger partial charge < -0.3 is 9.73 Å². The maximum atomic E-state index is 13.5. The predicted molar refractivity (Wildman–Crippen MR) is 133 cm³/mol. The van der Waals surface area contributed by atoms with Crippen LogP contribution in [0.3, 0.4) is 0 Å². The molecule has 1 N–H and O–H groups in total. The van der Waals surface area contributed by atoms with Crippen molar-refractivity contribution in [1.29, 1.82) is 0 Å². The van der Waals surface area contributed by atoms with E-state index in [9.17, 15) is 18.0 Å². The Hall–Kier alpha value is -3.76. The van der Waals surface area contributed by atoms with Gasteiger partial charge in [-0.05, 0) is 49.4 Å². The summed E-state index contributed by atoms with van der Waals surface area (Å²) in [7, 11) is -1.22. The summed E-state index contributed by atoms with van der Waals surface area (Å²) >= 11 is 6.19. The monoisotopic (exact) mass is 514 g/mol. The van der Waals surface area contributed by atoms with Gasteiger partial charge in [0, 0.05) is 14.1 Å². The summed E-state index contributed by atoms with van der Waals surface area (Å²) in [6.45, 7) is 1.78. The van der Waals surface area contributed by atoms with Crippen molar-refractivity contribution in [3.8, 4) is 5.69 Å². The zero-order chi connectivity index (χ0) is 25.3. The number of sulfonamides is 1. The molecular formula is C24H23ClN4O5S. The van der Waals surface area contributed by atoms with Crippen molar-refractivity contribution in [2.45, 2.75) is 18.4 Å². The number of anilines is 1. The van der Waals surface area contributed by atoms with E-state index in [-0.39, 0.29) is 27.7 Å². The summed E-state index contributed by atoms with van der Waals surface area (Å²) in [4.78, 5) is 25.8. The fourth-order valence-corrected chi connectivity index (χ4v) is 5.19. The minimum Gasteiger partial charge on any atom is -0.467 e. The van der Waals surface area contributed by atoms with Crippen molar-refractivity contribution >= 4 is 33.2 Å². The van der Waals surface area contributed by atoms with Crippen LogP contribution in [0.1, 0.15) is 21.8 Å². The molecule has 0 fully saturated rings. The summed E-state index contributed by atoms with van der Waals surface area (Å²) in [5.41, 5.74) is 0.541. The normalized spacial score (nSPS) is 11.4. The third-order valence-corrected chi connectivity index (χ3v) is 7.77. The molecule has 2 aromatic heterocycles. The average Bonchev–Trinajstić information content (AvgIpc) is 3.44. The molecule has 2 aromatic carbocycles. The van der Waals surface area contributed by atoms with Gasteiger partial charge in [0.2, 0.25) is 0 Å². The third-order valence-electron chi connectivity index (χ3n) is 5.68. The molecule has 0 bridgehead atoms. The summed E-state index contributed by atoms with van der Waals surface area (Å²) in [5, 5.41) is 2.74. The smallest absolute Gasteiger partial charge is 0.296 e. The lowest BCUT2D eigenvalue weighted by atomic mass is 10.2. The van der Waals surface area contributed by atoms with E-state index in [1.807, 2.05) is 6.07 Å². The van der Waals surface area contributed by atoms with Gasteiger partial charge in [-0.25, -0.2) is 13.1 Å². The topological polar surface area (TPSA) is 107 Å². The molecule has 0 spiro atoms. The molecule has 0 aliphatic carbocycles. The van der Waals surface area contributed by atoms with Crippen LogP contribution in [0.5, 0.6) is 0 Å². The Morgan fingerprint density at radius 3 is 2.49 bits per heavy atom. The Labute approximate surface area is 207 Å². The van der Waals surface area contributed by atoms with Crippen LogP contribution >= 0.6 is 11.6 Å². The number of aromatic nitrogens is 2. The van der Waals surface area contributed by atoms with Crippen LogP contribution in [0.2, 0.25) is 5.02 Å². The summed E-state index contributed by atoms with van der Waals surface area (Å²) in [6.07, 6.45) is 1.48. The fourth-order valence-electron chi connectivity index (χ4n) is 3.71. The number of para-hydroxylation sites is 1. The highest BCUT2D eigenvalue weighted by atomic mass is 35.5. The van der Waals surface area contributed by atoms with Gasteiger partial charge in [0.05, 0.1) is 39.7 Å². The lowest BCUT2D eigenvalue weighted by Crippen LogP contribution is -2.32. The van der Waals surface area contributed by atoms with Gasteiger partial charge in [0.15, 0.2) is 0 Å². The lowest BCUT2D eigenvalue weighted by molar-refractivity contribution is 0.0948. The number of nitrogens with one attached hydrogen (secondary N) is 1. The van der Waals surface area contributed by atoms with Crippen molar-refractivity contribution in [2.24, 2.45) is 7.05 Å². The Morgan fingerprint density at radius 2 is 1.83 bits per heavy atom. The molecule has 35 heavy (non-hydrogen) atoms. The van der Waals surface area contributed by atoms with Crippen molar-refractivity contribution in [3.05, 3.63) is 99.3 Å². The second-order valence-corrected chi connectivity index (χ2v) is 10.2. The van der Waals surface area contributed by atoms with Crippen molar-refractivity contribution in [3.63, 3.8) is 0 Å². The van der Waals surface area contributed by atoms with E-state index in [4.69, 9.17) is 16.0 Å². The first-order valence-electron chi connectivity index (χ1n) is 10.6. The average molecular weight is 515 g/mol.